The molecule has 0 saturated carbocycles. The van der Waals surface area contributed by atoms with Gasteiger partial charge in [-0.25, -0.2) is 4.79 Å². The third-order valence-corrected chi connectivity index (χ3v) is 3.93. The largest absolute Gasteiger partial charge is 0.508 e. The summed E-state index contributed by atoms with van der Waals surface area (Å²) in [4.78, 5) is 35.7. The zero-order valence-electron chi connectivity index (χ0n) is 12.9. The normalized spacial score (nSPS) is 15.5. The van der Waals surface area contributed by atoms with Gasteiger partial charge < -0.3 is 15.2 Å². The van der Waals surface area contributed by atoms with Gasteiger partial charge in [-0.3, -0.25) is 9.59 Å². The topological polar surface area (TPSA) is 92.7 Å². The van der Waals surface area contributed by atoms with Gasteiger partial charge in [0.05, 0.1) is 11.5 Å². The van der Waals surface area contributed by atoms with E-state index in [1.54, 1.807) is 25.1 Å². The van der Waals surface area contributed by atoms with Crippen LogP contribution in [-0.2, 0) is 9.53 Å². The minimum absolute atomic E-state index is 0.0399. The molecule has 3 rings (SSSR count). The number of ether oxygens (including phenoxy) is 1. The Bertz CT molecular complexity index is 826. The maximum atomic E-state index is 12.2. The molecule has 0 fully saturated rings. The number of hydrogen-bond donors (Lipinski definition) is 2. The van der Waals surface area contributed by atoms with Crippen molar-refractivity contribution in [2.75, 3.05) is 11.9 Å². The van der Waals surface area contributed by atoms with Crippen molar-refractivity contribution >= 4 is 23.3 Å². The quantitative estimate of drug-likeness (QED) is 0.665. The summed E-state index contributed by atoms with van der Waals surface area (Å²) in [7, 11) is 0. The highest BCUT2D eigenvalue weighted by molar-refractivity contribution is 6.05. The number of carbonyl (C=O) groups is 3. The van der Waals surface area contributed by atoms with Gasteiger partial charge in [0.1, 0.15) is 5.75 Å². The number of benzene rings is 2. The monoisotopic (exact) mass is 325 g/mol. The number of amides is 1. The second kappa shape index (κ2) is 6.16. The number of esters is 1. The van der Waals surface area contributed by atoms with E-state index in [9.17, 15) is 19.5 Å². The lowest BCUT2D eigenvalue weighted by Crippen LogP contribution is -2.14. The smallest absolute Gasteiger partial charge is 0.338 e. The second-order valence-electron chi connectivity index (χ2n) is 5.56. The number of fused-ring (bicyclic) bond motifs is 1. The molecule has 1 heterocycles. The van der Waals surface area contributed by atoms with Crippen LogP contribution in [0.15, 0.2) is 42.5 Å². The predicted molar refractivity (Wildman–Crippen MR) is 86.2 cm³/mol. The molecule has 6 nitrogen and oxygen atoms in total. The Morgan fingerprint density at radius 2 is 1.79 bits per heavy atom. The van der Waals surface area contributed by atoms with Gasteiger partial charge in [0.2, 0.25) is 5.91 Å². The number of ketones is 1. The molecule has 0 spiro atoms. The Hall–Kier alpha value is -3.15. The zero-order chi connectivity index (χ0) is 17.3. The molecule has 6 heteroatoms. The number of Topliss-reactive ketones (excluding diaryl/α,β-unsaturated/α-hetero) is 1. The summed E-state index contributed by atoms with van der Waals surface area (Å²) in [5.74, 6) is -1.37. The van der Waals surface area contributed by atoms with Crippen molar-refractivity contribution in [1.82, 2.24) is 0 Å². The first-order valence-corrected chi connectivity index (χ1v) is 7.40. The van der Waals surface area contributed by atoms with Crippen molar-refractivity contribution in [3.05, 3.63) is 59.2 Å². The van der Waals surface area contributed by atoms with E-state index in [0.717, 1.165) is 5.56 Å². The molecule has 0 saturated heterocycles. The predicted octanol–water partition coefficient (Wildman–Crippen LogP) is 2.49. The first kappa shape index (κ1) is 15.7. The minimum atomic E-state index is -0.644. The SMILES string of the molecule is C[C@@H]1C(=O)Nc2ccc(C(=O)COC(=O)c3ccc(O)cc3)cc21. The van der Waals surface area contributed by atoms with E-state index < -0.39 is 12.6 Å². The van der Waals surface area contributed by atoms with E-state index in [2.05, 4.69) is 5.32 Å². The van der Waals surface area contributed by atoms with Crippen LogP contribution in [0.1, 0.15) is 39.1 Å². The summed E-state index contributed by atoms with van der Waals surface area (Å²) >= 11 is 0. The van der Waals surface area contributed by atoms with Crippen molar-refractivity contribution in [2.24, 2.45) is 0 Å². The number of rotatable bonds is 4. The summed E-state index contributed by atoms with van der Waals surface area (Å²) in [5.41, 5.74) is 2.09. The molecule has 2 aromatic rings. The van der Waals surface area contributed by atoms with Crippen LogP contribution in [0.25, 0.3) is 0 Å². The maximum Gasteiger partial charge on any atom is 0.338 e. The van der Waals surface area contributed by atoms with Crippen molar-refractivity contribution in [1.29, 1.82) is 0 Å². The number of aromatic hydroxyl groups is 1. The van der Waals surface area contributed by atoms with Crippen LogP contribution >= 0.6 is 0 Å². The van der Waals surface area contributed by atoms with E-state index in [0.29, 0.717) is 11.3 Å². The van der Waals surface area contributed by atoms with E-state index in [-0.39, 0.29) is 28.9 Å². The Morgan fingerprint density at radius 1 is 1.12 bits per heavy atom. The van der Waals surface area contributed by atoms with Gasteiger partial charge in [-0.1, -0.05) is 0 Å². The van der Waals surface area contributed by atoms with Crippen LogP contribution in [-0.4, -0.2) is 29.4 Å². The van der Waals surface area contributed by atoms with Crippen molar-refractivity contribution in [3.63, 3.8) is 0 Å². The lowest BCUT2D eigenvalue weighted by atomic mass is 9.99. The van der Waals surface area contributed by atoms with E-state index in [1.165, 1.54) is 24.3 Å². The molecule has 24 heavy (non-hydrogen) atoms. The summed E-state index contributed by atoms with van der Waals surface area (Å²) in [6.07, 6.45) is 0. The number of nitrogens with one attached hydrogen (secondary N) is 1. The second-order valence-corrected chi connectivity index (χ2v) is 5.56. The van der Waals surface area contributed by atoms with Gasteiger partial charge in [-0.15, -0.1) is 0 Å². The number of hydrogen-bond acceptors (Lipinski definition) is 5. The van der Waals surface area contributed by atoms with Crippen LogP contribution < -0.4 is 5.32 Å². The van der Waals surface area contributed by atoms with E-state index in [1.807, 2.05) is 0 Å². The molecule has 0 aliphatic carbocycles. The summed E-state index contributed by atoms with van der Waals surface area (Å²) < 4.78 is 5.00. The van der Waals surface area contributed by atoms with Gasteiger partial charge >= 0.3 is 5.97 Å². The highest BCUT2D eigenvalue weighted by atomic mass is 16.5. The van der Waals surface area contributed by atoms with Gasteiger partial charge in [-0.2, -0.15) is 0 Å². The van der Waals surface area contributed by atoms with Crippen LogP contribution in [0.2, 0.25) is 0 Å². The van der Waals surface area contributed by atoms with Crippen LogP contribution in [0.4, 0.5) is 5.69 Å². The summed E-state index contributed by atoms with van der Waals surface area (Å²) in [5, 5.41) is 11.9. The third-order valence-electron chi connectivity index (χ3n) is 3.93. The van der Waals surface area contributed by atoms with Gasteiger partial charge in [0, 0.05) is 11.3 Å². The van der Waals surface area contributed by atoms with Crippen LogP contribution in [0.3, 0.4) is 0 Å². The summed E-state index contributed by atoms with van der Waals surface area (Å²) in [6, 6.07) is 10.5. The fourth-order valence-electron chi connectivity index (χ4n) is 2.49. The first-order valence-electron chi connectivity index (χ1n) is 7.40. The molecule has 0 unspecified atom stereocenters. The fraction of sp³-hybridized carbons (Fsp3) is 0.167. The first-order chi connectivity index (χ1) is 11.5. The standard InChI is InChI=1S/C18H15NO5/c1-10-14-8-12(4-7-15(14)19-17(10)22)16(21)9-24-18(23)11-2-5-13(20)6-3-11/h2-8,10,20H,9H2,1H3,(H,19,22)/t10-/m0/s1. The number of carbonyl (C=O) groups excluding carboxylic acids is 3. The Morgan fingerprint density at radius 3 is 2.50 bits per heavy atom. The van der Waals surface area contributed by atoms with E-state index in [4.69, 9.17) is 4.74 Å². The fourth-order valence-corrected chi connectivity index (χ4v) is 2.49. The zero-order valence-corrected chi connectivity index (χ0v) is 12.9. The number of phenols is 1. The molecular weight excluding hydrogens is 310 g/mol. The van der Waals surface area contributed by atoms with Crippen molar-refractivity contribution in [2.45, 2.75) is 12.8 Å². The average molecular weight is 325 g/mol. The Balaban J connectivity index is 1.67. The molecule has 2 aromatic carbocycles. The van der Waals surface area contributed by atoms with Crippen molar-refractivity contribution < 1.29 is 24.2 Å². The van der Waals surface area contributed by atoms with Crippen molar-refractivity contribution in [3.8, 4) is 5.75 Å². The molecule has 122 valence electrons. The van der Waals surface area contributed by atoms with Gasteiger partial charge in [0.15, 0.2) is 12.4 Å². The molecule has 1 aliphatic heterocycles. The minimum Gasteiger partial charge on any atom is -0.508 e. The lowest BCUT2D eigenvalue weighted by molar-refractivity contribution is -0.116. The maximum absolute atomic E-state index is 12.2. The Labute approximate surface area is 138 Å². The average Bonchev–Trinajstić information content (AvgIpc) is 2.87. The summed E-state index contributed by atoms with van der Waals surface area (Å²) in [6.45, 7) is 1.37. The van der Waals surface area contributed by atoms with Crippen LogP contribution in [0.5, 0.6) is 5.75 Å². The molecule has 0 bridgehead atoms. The molecule has 0 radical (unpaired) electrons. The number of anilines is 1. The van der Waals surface area contributed by atoms with Gasteiger partial charge in [0.25, 0.3) is 0 Å². The molecule has 1 amide bonds. The van der Waals surface area contributed by atoms with Crippen LogP contribution in [0, 0.1) is 0 Å². The molecule has 0 aromatic heterocycles. The lowest BCUT2D eigenvalue weighted by Gasteiger charge is -2.07. The molecule has 2 N–H and O–H groups in total. The molecular formula is C18H15NO5. The van der Waals surface area contributed by atoms with E-state index >= 15 is 0 Å². The molecule has 1 atom stereocenters. The Kier molecular flexibility index (Phi) is 4.04. The highest BCUT2D eigenvalue weighted by Gasteiger charge is 2.27. The van der Waals surface area contributed by atoms with Gasteiger partial charge in [-0.05, 0) is 55.0 Å². The third kappa shape index (κ3) is 2.99. The number of phenolic OH excluding ortho intramolecular Hbond substituents is 1. The molecule has 1 aliphatic rings. The highest BCUT2D eigenvalue weighted by Crippen LogP contribution is 2.32.